The Morgan fingerprint density at radius 1 is 1.00 bits per heavy atom. The van der Waals surface area contributed by atoms with Gasteiger partial charge in [-0.15, -0.1) is 23.2 Å². The average Bonchev–Trinajstić information content (AvgIpc) is 2.53. The zero-order valence-corrected chi connectivity index (χ0v) is 16.6. The van der Waals surface area contributed by atoms with Gasteiger partial charge in [-0.1, -0.05) is 33.1 Å². The van der Waals surface area contributed by atoms with Crippen LogP contribution < -0.4 is 10.6 Å². The Hall–Kier alpha value is -0.0300. The first-order valence-electron chi connectivity index (χ1n) is 9.46. The molecule has 0 aliphatic heterocycles. The van der Waals surface area contributed by atoms with Crippen LogP contribution in [0.1, 0.15) is 65.2 Å². The van der Waals surface area contributed by atoms with Crippen molar-refractivity contribution in [1.82, 2.24) is 10.6 Å². The highest BCUT2D eigenvalue weighted by molar-refractivity contribution is 6.24. The quantitative estimate of drug-likeness (QED) is 0.609. The van der Waals surface area contributed by atoms with Gasteiger partial charge in [0.25, 0.3) is 0 Å². The van der Waals surface area contributed by atoms with E-state index >= 15 is 0 Å². The molecule has 0 bridgehead atoms. The third-order valence-corrected chi connectivity index (χ3v) is 5.97. The molecule has 3 N–H and O–H groups in total. The molecule has 2 aliphatic rings. The maximum Gasteiger partial charge on any atom is 0.303 e. The van der Waals surface area contributed by atoms with Crippen LogP contribution in [0.25, 0.3) is 0 Å². The fraction of sp³-hybridized carbons (Fsp3) is 0.944. The Kier molecular flexibility index (Phi) is 11.3. The molecule has 4 atom stereocenters. The largest absolute Gasteiger partial charge is 0.481 e. The Morgan fingerprint density at radius 3 is 2.08 bits per heavy atom. The van der Waals surface area contributed by atoms with Crippen molar-refractivity contribution in [2.75, 3.05) is 13.1 Å². The van der Waals surface area contributed by atoms with Crippen molar-refractivity contribution in [2.45, 2.75) is 88.1 Å². The first kappa shape index (κ1) is 22.0. The number of hydrogen-bond donors (Lipinski definition) is 3. The molecule has 0 aromatic rings. The van der Waals surface area contributed by atoms with Gasteiger partial charge in [-0.05, 0) is 44.7 Å². The van der Waals surface area contributed by atoms with Gasteiger partial charge >= 0.3 is 5.97 Å². The van der Waals surface area contributed by atoms with Gasteiger partial charge in [0.1, 0.15) is 0 Å². The number of carboxylic acids is 1. The van der Waals surface area contributed by atoms with Crippen LogP contribution in [0.2, 0.25) is 0 Å². The van der Waals surface area contributed by atoms with Crippen molar-refractivity contribution >= 4 is 29.2 Å². The molecular weight excluding hydrogens is 347 g/mol. The normalized spacial score (nSPS) is 33.4. The number of halogens is 2. The zero-order valence-electron chi connectivity index (χ0n) is 15.1. The maximum absolute atomic E-state index is 11.0. The van der Waals surface area contributed by atoms with Crippen LogP contribution >= 0.6 is 23.2 Å². The van der Waals surface area contributed by atoms with E-state index in [-0.39, 0.29) is 35.2 Å². The molecule has 2 fully saturated rings. The number of alkyl halides is 2. The number of carboxylic acid groups (broad SMARTS) is 1. The summed E-state index contributed by atoms with van der Waals surface area (Å²) in [5, 5.41) is 15.9. The molecule has 4 unspecified atom stereocenters. The van der Waals surface area contributed by atoms with Crippen molar-refractivity contribution < 1.29 is 9.90 Å². The van der Waals surface area contributed by atoms with Gasteiger partial charge in [-0.25, -0.2) is 0 Å². The second-order valence-electron chi connectivity index (χ2n) is 6.86. The number of hydrogen-bond acceptors (Lipinski definition) is 3. The number of aliphatic carboxylic acids is 1. The molecule has 0 aromatic heterocycles. The minimum atomic E-state index is -0.702. The summed E-state index contributed by atoms with van der Waals surface area (Å²) in [6.07, 6.45) is 7.68. The van der Waals surface area contributed by atoms with Crippen LogP contribution in [0.5, 0.6) is 0 Å². The summed E-state index contributed by atoms with van der Waals surface area (Å²) in [6.45, 7) is 6.39. The Labute approximate surface area is 157 Å². The molecule has 2 saturated carbocycles. The molecular formula is C18H34Cl2N2O2. The van der Waals surface area contributed by atoms with Crippen molar-refractivity contribution in [3.05, 3.63) is 0 Å². The van der Waals surface area contributed by atoms with E-state index in [1.807, 2.05) is 0 Å². The monoisotopic (exact) mass is 380 g/mol. The molecule has 6 heteroatoms. The second kappa shape index (κ2) is 12.3. The van der Waals surface area contributed by atoms with Crippen molar-refractivity contribution in [3.8, 4) is 0 Å². The van der Waals surface area contributed by atoms with Crippen LogP contribution in [0.4, 0.5) is 0 Å². The van der Waals surface area contributed by atoms with Crippen LogP contribution in [-0.2, 0) is 4.79 Å². The first-order chi connectivity index (χ1) is 11.5. The molecule has 0 aromatic carbocycles. The van der Waals surface area contributed by atoms with Crippen LogP contribution in [-0.4, -0.2) is 47.0 Å². The maximum atomic E-state index is 11.0. The highest BCUT2D eigenvalue weighted by Gasteiger charge is 2.35. The summed E-state index contributed by atoms with van der Waals surface area (Å²) >= 11 is 12.8. The Bertz CT molecular complexity index is 346. The average molecular weight is 381 g/mol. The standard InChI is InChI=1S/C14H23Cl2NO2.C4H11N/c15-10-5-3-6-11(16)14(10)17-12-7-2-1-4-9(12)8-13(18)19;1-3-5-4-2/h9-12,14,17H,1-8H2,(H,18,19);5H,3-4H2,1-2H3. The molecule has 0 saturated heterocycles. The van der Waals surface area contributed by atoms with Crippen LogP contribution in [0.3, 0.4) is 0 Å². The van der Waals surface area contributed by atoms with Gasteiger partial charge in [0.2, 0.25) is 0 Å². The SMILES string of the molecule is CCNCC.O=C(O)CC1CCCCC1NC1C(Cl)CCCC1Cl. The van der Waals surface area contributed by atoms with E-state index < -0.39 is 5.97 Å². The lowest BCUT2D eigenvalue weighted by molar-refractivity contribution is -0.138. The smallest absolute Gasteiger partial charge is 0.303 e. The summed E-state index contributed by atoms with van der Waals surface area (Å²) in [7, 11) is 0. The lowest BCUT2D eigenvalue weighted by Gasteiger charge is -2.39. The van der Waals surface area contributed by atoms with E-state index in [1.165, 1.54) is 6.42 Å². The van der Waals surface area contributed by atoms with Crippen molar-refractivity contribution in [2.24, 2.45) is 5.92 Å². The first-order valence-corrected chi connectivity index (χ1v) is 10.3. The highest BCUT2D eigenvalue weighted by atomic mass is 35.5. The predicted octanol–water partition coefficient (Wildman–Crippen LogP) is 3.99. The third kappa shape index (κ3) is 7.90. The number of nitrogens with one attached hydrogen (secondary N) is 2. The molecule has 0 amide bonds. The zero-order chi connectivity index (χ0) is 17.9. The number of carbonyl (C=O) groups is 1. The summed E-state index contributed by atoms with van der Waals surface area (Å²) in [6, 6.07) is 0.381. The fourth-order valence-corrected chi connectivity index (χ4v) is 4.58. The molecule has 2 rings (SSSR count). The van der Waals surface area contributed by atoms with Crippen molar-refractivity contribution in [1.29, 1.82) is 0 Å². The molecule has 142 valence electrons. The fourth-order valence-electron chi connectivity index (χ4n) is 3.70. The van der Waals surface area contributed by atoms with Gasteiger partial charge < -0.3 is 15.7 Å². The van der Waals surface area contributed by atoms with Gasteiger partial charge in [-0.2, -0.15) is 0 Å². The Morgan fingerprint density at radius 2 is 1.58 bits per heavy atom. The van der Waals surface area contributed by atoms with Gasteiger partial charge in [-0.3, -0.25) is 4.79 Å². The lowest BCUT2D eigenvalue weighted by Crippen LogP contribution is -2.53. The second-order valence-corrected chi connectivity index (χ2v) is 7.98. The summed E-state index contributed by atoms with van der Waals surface area (Å²) < 4.78 is 0. The van der Waals surface area contributed by atoms with Gasteiger partial charge in [0, 0.05) is 18.5 Å². The van der Waals surface area contributed by atoms with E-state index in [0.29, 0.717) is 0 Å². The van der Waals surface area contributed by atoms with Crippen LogP contribution in [0.15, 0.2) is 0 Å². The van der Waals surface area contributed by atoms with E-state index in [0.717, 1.165) is 51.6 Å². The number of rotatable bonds is 6. The molecule has 0 heterocycles. The molecule has 0 radical (unpaired) electrons. The third-order valence-electron chi connectivity index (χ3n) is 4.99. The van der Waals surface area contributed by atoms with E-state index in [4.69, 9.17) is 28.3 Å². The minimum absolute atomic E-state index is 0.0728. The highest BCUT2D eigenvalue weighted by Crippen LogP contribution is 2.32. The topological polar surface area (TPSA) is 61.4 Å². The molecule has 4 nitrogen and oxygen atoms in total. The Balaban J connectivity index is 0.000000505. The molecule has 24 heavy (non-hydrogen) atoms. The molecule has 0 spiro atoms. The van der Waals surface area contributed by atoms with Crippen molar-refractivity contribution in [3.63, 3.8) is 0 Å². The summed E-state index contributed by atoms with van der Waals surface area (Å²) in [5.74, 6) is -0.479. The summed E-state index contributed by atoms with van der Waals surface area (Å²) in [5.41, 5.74) is 0. The molecule has 2 aliphatic carbocycles. The van der Waals surface area contributed by atoms with Crippen LogP contribution in [0, 0.1) is 5.92 Å². The minimum Gasteiger partial charge on any atom is -0.481 e. The lowest BCUT2D eigenvalue weighted by atomic mass is 9.81. The van der Waals surface area contributed by atoms with Gasteiger partial charge in [0.15, 0.2) is 0 Å². The summed E-state index contributed by atoms with van der Waals surface area (Å²) in [4.78, 5) is 11.0. The van der Waals surface area contributed by atoms with E-state index in [9.17, 15) is 4.79 Å². The predicted molar refractivity (Wildman–Crippen MR) is 102 cm³/mol. The van der Waals surface area contributed by atoms with E-state index in [2.05, 4.69) is 24.5 Å². The van der Waals surface area contributed by atoms with E-state index in [1.54, 1.807) is 0 Å². The van der Waals surface area contributed by atoms with Gasteiger partial charge in [0.05, 0.1) is 10.8 Å².